The molecule has 0 amide bonds. The highest BCUT2D eigenvalue weighted by atomic mass is 15.4. The number of hydrogen-bond acceptors (Lipinski definition) is 2. The minimum absolute atomic E-state index is 0.503. The van der Waals surface area contributed by atoms with Gasteiger partial charge in [-0.1, -0.05) is 173 Å². The largest absolute Gasteiger partial charge is 0.356 e. The van der Waals surface area contributed by atoms with E-state index in [2.05, 4.69) is 66.4 Å². The molecule has 0 radical (unpaired) electrons. The molecule has 0 saturated heterocycles. The number of anilines is 1. The maximum Gasteiger partial charge on any atom is 0.105 e. The van der Waals surface area contributed by atoms with Gasteiger partial charge in [0.05, 0.1) is 0 Å². The summed E-state index contributed by atoms with van der Waals surface area (Å²) in [6, 6.07) is 11.0. The number of hydrogen-bond donors (Lipinski definition) is 0. The van der Waals surface area contributed by atoms with E-state index in [0.29, 0.717) is 6.17 Å². The zero-order valence-corrected chi connectivity index (χ0v) is 26.4. The first-order valence-corrected chi connectivity index (χ1v) is 17.6. The minimum atomic E-state index is 0.503. The smallest absolute Gasteiger partial charge is 0.105 e. The molecule has 2 heteroatoms. The summed E-state index contributed by atoms with van der Waals surface area (Å²) in [7, 11) is 0. The first kappa shape index (κ1) is 33.8. The van der Waals surface area contributed by atoms with Gasteiger partial charge in [-0.15, -0.1) is 0 Å². The van der Waals surface area contributed by atoms with Crippen LogP contribution in [0.2, 0.25) is 0 Å². The Morgan fingerprint density at radius 3 is 1.33 bits per heavy atom. The Hall–Kier alpha value is -1.44. The molecule has 0 aliphatic carbocycles. The van der Waals surface area contributed by atoms with E-state index in [9.17, 15) is 0 Å². The first-order valence-electron chi connectivity index (χ1n) is 17.6. The van der Waals surface area contributed by atoms with Crippen LogP contribution >= 0.6 is 0 Å². The van der Waals surface area contributed by atoms with Gasteiger partial charge in [-0.25, -0.2) is 0 Å². The van der Waals surface area contributed by atoms with E-state index in [4.69, 9.17) is 0 Å². The van der Waals surface area contributed by atoms with E-state index >= 15 is 0 Å². The molecule has 1 aliphatic heterocycles. The Labute approximate surface area is 245 Å². The van der Waals surface area contributed by atoms with Crippen LogP contribution in [0, 0.1) is 0 Å². The second kappa shape index (κ2) is 24.4. The molecule has 0 fully saturated rings. The van der Waals surface area contributed by atoms with Crippen LogP contribution in [-0.2, 0) is 0 Å². The van der Waals surface area contributed by atoms with Gasteiger partial charge in [-0.2, -0.15) is 0 Å². The van der Waals surface area contributed by atoms with Gasteiger partial charge in [0.2, 0.25) is 0 Å². The highest BCUT2D eigenvalue weighted by Gasteiger charge is 2.26. The van der Waals surface area contributed by atoms with Gasteiger partial charge in [0.25, 0.3) is 0 Å². The predicted molar refractivity (Wildman–Crippen MR) is 175 cm³/mol. The predicted octanol–water partition coefficient (Wildman–Crippen LogP) is 12.4. The number of nitrogens with zero attached hydrogens (tertiary/aromatic N) is 2. The van der Waals surface area contributed by atoms with E-state index < -0.39 is 0 Å². The quantitative estimate of drug-likeness (QED) is 0.103. The SMILES string of the molecule is CCCCCCCCCCCCCCCC1N(CCCCCCCCCCCCC)C=CN1c1ccccc1. The van der Waals surface area contributed by atoms with Crippen molar-refractivity contribution in [1.82, 2.24) is 4.90 Å². The topological polar surface area (TPSA) is 6.48 Å². The highest BCUT2D eigenvalue weighted by molar-refractivity contribution is 5.51. The molecule has 0 aromatic heterocycles. The monoisotopic (exact) mass is 539 g/mol. The summed E-state index contributed by atoms with van der Waals surface area (Å²) in [4.78, 5) is 5.17. The molecule has 1 unspecified atom stereocenters. The fourth-order valence-electron chi connectivity index (χ4n) is 6.21. The third kappa shape index (κ3) is 16.4. The molecule has 1 aromatic carbocycles. The minimum Gasteiger partial charge on any atom is -0.356 e. The molecular formula is C37H66N2. The van der Waals surface area contributed by atoms with Crippen molar-refractivity contribution in [2.45, 2.75) is 181 Å². The molecule has 2 rings (SSSR count). The van der Waals surface area contributed by atoms with E-state index in [1.165, 1.54) is 173 Å². The zero-order chi connectivity index (χ0) is 27.6. The third-order valence-electron chi connectivity index (χ3n) is 8.76. The van der Waals surface area contributed by atoms with E-state index in [0.717, 1.165) is 0 Å². The lowest BCUT2D eigenvalue weighted by molar-refractivity contribution is 0.273. The maximum absolute atomic E-state index is 2.64. The molecule has 0 bridgehead atoms. The van der Waals surface area contributed by atoms with Crippen molar-refractivity contribution in [2.75, 3.05) is 11.4 Å². The van der Waals surface area contributed by atoms with Gasteiger partial charge < -0.3 is 9.80 Å². The van der Waals surface area contributed by atoms with Gasteiger partial charge in [0, 0.05) is 24.6 Å². The summed E-state index contributed by atoms with van der Waals surface area (Å²) in [6.07, 6.45) is 40.6. The average molecular weight is 539 g/mol. The Kier molecular flexibility index (Phi) is 21.1. The van der Waals surface area contributed by atoms with Gasteiger partial charge >= 0.3 is 0 Å². The number of para-hydroxylation sites is 1. The normalized spacial score (nSPS) is 15.1. The number of rotatable bonds is 27. The average Bonchev–Trinajstić information content (AvgIpc) is 3.37. The second-order valence-corrected chi connectivity index (χ2v) is 12.3. The standard InChI is InChI=1S/C37H66N2/c1-3-5-7-9-11-13-15-16-17-19-21-23-28-32-37-38(34-35-39(37)36-30-26-25-27-31-36)33-29-24-22-20-18-14-12-10-8-6-4-2/h25-27,30-31,34-35,37H,3-24,28-29,32-33H2,1-2H3. The Bertz CT molecular complexity index is 669. The fourth-order valence-corrected chi connectivity index (χ4v) is 6.21. The number of benzene rings is 1. The summed E-state index contributed by atoms with van der Waals surface area (Å²) in [5.41, 5.74) is 1.34. The molecule has 1 aliphatic rings. The molecule has 1 atom stereocenters. The van der Waals surface area contributed by atoms with Crippen LogP contribution in [0.3, 0.4) is 0 Å². The van der Waals surface area contributed by atoms with Crippen LogP contribution in [0.5, 0.6) is 0 Å². The van der Waals surface area contributed by atoms with E-state index in [1.807, 2.05) is 0 Å². The number of unbranched alkanes of at least 4 members (excludes halogenated alkanes) is 22. The van der Waals surface area contributed by atoms with Crippen LogP contribution in [0.4, 0.5) is 5.69 Å². The molecule has 0 saturated carbocycles. The molecule has 1 heterocycles. The van der Waals surface area contributed by atoms with Crippen molar-refractivity contribution in [2.24, 2.45) is 0 Å². The summed E-state index contributed by atoms with van der Waals surface area (Å²) in [5.74, 6) is 0. The van der Waals surface area contributed by atoms with E-state index in [-0.39, 0.29) is 0 Å². The molecule has 2 nitrogen and oxygen atoms in total. The van der Waals surface area contributed by atoms with Crippen molar-refractivity contribution < 1.29 is 0 Å². The second-order valence-electron chi connectivity index (χ2n) is 12.3. The highest BCUT2D eigenvalue weighted by Crippen LogP contribution is 2.28. The zero-order valence-electron chi connectivity index (χ0n) is 26.4. The van der Waals surface area contributed by atoms with Crippen molar-refractivity contribution in [3.63, 3.8) is 0 Å². The molecule has 0 N–H and O–H groups in total. The van der Waals surface area contributed by atoms with Crippen molar-refractivity contribution in [3.05, 3.63) is 42.7 Å². The van der Waals surface area contributed by atoms with Crippen LogP contribution in [0.1, 0.15) is 174 Å². The van der Waals surface area contributed by atoms with Crippen molar-refractivity contribution >= 4 is 5.69 Å². The summed E-state index contributed by atoms with van der Waals surface area (Å²) >= 11 is 0. The summed E-state index contributed by atoms with van der Waals surface area (Å²) < 4.78 is 0. The van der Waals surface area contributed by atoms with Crippen molar-refractivity contribution in [3.8, 4) is 0 Å². The lowest BCUT2D eigenvalue weighted by atomic mass is 10.0. The lowest BCUT2D eigenvalue weighted by Crippen LogP contribution is -2.39. The molecule has 224 valence electrons. The van der Waals surface area contributed by atoms with Gasteiger partial charge in [0.1, 0.15) is 6.17 Å². The third-order valence-corrected chi connectivity index (χ3v) is 8.76. The Morgan fingerprint density at radius 2 is 0.872 bits per heavy atom. The maximum atomic E-state index is 2.64. The molecule has 39 heavy (non-hydrogen) atoms. The molecule has 1 aromatic rings. The first-order chi connectivity index (χ1) is 19.4. The van der Waals surface area contributed by atoms with Crippen LogP contribution in [0.25, 0.3) is 0 Å². The molecular weight excluding hydrogens is 472 g/mol. The van der Waals surface area contributed by atoms with Gasteiger partial charge in [-0.3, -0.25) is 0 Å². The van der Waals surface area contributed by atoms with Gasteiger partial charge in [0.15, 0.2) is 0 Å². The van der Waals surface area contributed by atoms with Crippen molar-refractivity contribution in [1.29, 1.82) is 0 Å². The molecule has 0 spiro atoms. The van der Waals surface area contributed by atoms with Gasteiger partial charge in [-0.05, 0) is 31.4 Å². The van der Waals surface area contributed by atoms with Crippen LogP contribution in [0.15, 0.2) is 42.7 Å². The lowest BCUT2D eigenvalue weighted by Gasteiger charge is -2.33. The Balaban J connectivity index is 1.57. The fraction of sp³-hybridized carbons (Fsp3) is 0.784. The van der Waals surface area contributed by atoms with E-state index in [1.54, 1.807) is 0 Å². The van der Waals surface area contributed by atoms with Crippen LogP contribution in [-0.4, -0.2) is 17.6 Å². The van der Waals surface area contributed by atoms with Crippen LogP contribution < -0.4 is 4.90 Å². The summed E-state index contributed by atoms with van der Waals surface area (Å²) in [5, 5.41) is 0. The summed E-state index contributed by atoms with van der Waals surface area (Å²) in [6.45, 7) is 5.82. The Morgan fingerprint density at radius 1 is 0.462 bits per heavy atom.